The molecule has 1 fully saturated rings. The van der Waals surface area contributed by atoms with Gasteiger partial charge in [0.05, 0.1) is 17.3 Å². The highest BCUT2D eigenvalue weighted by molar-refractivity contribution is 5.05. The molecule has 21 heavy (non-hydrogen) atoms. The van der Waals surface area contributed by atoms with Gasteiger partial charge in [-0.2, -0.15) is 5.10 Å². The third kappa shape index (κ3) is 3.67. The number of methoxy groups -OCH3 is 1. The van der Waals surface area contributed by atoms with Gasteiger partial charge in [0.25, 0.3) is 0 Å². The van der Waals surface area contributed by atoms with Crippen LogP contribution in [0.4, 0.5) is 0 Å². The Morgan fingerprint density at radius 3 is 2.57 bits per heavy atom. The molecule has 0 aromatic carbocycles. The Balaban J connectivity index is 2.01. The maximum Gasteiger partial charge on any atom is 0.0827 e. The molecule has 1 saturated carbocycles. The fourth-order valence-corrected chi connectivity index (χ4v) is 3.66. The average Bonchev–Trinajstić information content (AvgIpc) is 2.99. The van der Waals surface area contributed by atoms with E-state index in [4.69, 9.17) is 15.6 Å². The van der Waals surface area contributed by atoms with Crippen molar-refractivity contribution in [1.29, 1.82) is 0 Å². The molecule has 1 heterocycles. The topological polar surface area (TPSA) is 53.1 Å². The minimum atomic E-state index is -0.228. The van der Waals surface area contributed by atoms with Gasteiger partial charge in [-0.05, 0) is 31.7 Å². The molecule has 4 heteroatoms. The van der Waals surface area contributed by atoms with Crippen molar-refractivity contribution in [2.75, 3.05) is 7.11 Å². The van der Waals surface area contributed by atoms with Gasteiger partial charge < -0.3 is 10.5 Å². The first-order valence-electron chi connectivity index (χ1n) is 8.50. The molecule has 1 aliphatic rings. The molecular formula is C17H31N3O. The lowest BCUT2D eigenvalue weighted by molar-refractivity contribution is -0.0376. The summed E-state index contributed by atoms with van der Waals surface area (Å²) in [4.78, 5) is 0. The first kappa shape index (κ1) is 16.5. The van der Waals surface area contributed by atoms with Crippen LogP contribution in [0, 0.1) is 0 Å². The van der Waals surface area contributed by atoms with Gasteiger partial charge in [0.2, 0.25) is 0 Å². The molecule has 0 saturated heterocycles. The van der Waals surface area contributed by atoms with Crippen LogP contribution in [0.5, 0.6) is 0 Å². The van der Waals surface area contributed by atoms with E-state index in [1.807, 2.05) is 0 Å². The van der Waals surface area contributed by atoms with Crippen molar-refractivity contribution in [2.45, 2.75) is 82.9 Å². The summed E-state index contributed by atoms with van der Waals surface area (Å²) in [5.74, 6) is 0. The average molecular weight is 293 g/mol. The van der Waals surface area contributed by atoms with E-state index in [9.17, 15) is 0 Å². The van der Waals surface area contributed by atoms with Crippen LogP contribution in [0.15, 0.2) is 12.3 Å². The normalized spacial score (nSPS) is 18.9. The number of ether oxygens (including phenoxy) is 1. The SMILES string of the molecule is CCC(CC)(OC)C(N)Cc1ccn(C2CCCCC2)n1. The van der Waals surface area contributed by atoms with E-state index in [1.54, 1.807) is 7.11 Å². The lowest BCUT2D eigenvalue weighted by Crippen LogP contribution is -2.50. The minimum absolute atomic E-state index is 0.00722. The van der Waals surface area contributed by atoms with Crippen LogP contribution < -0.4 is 5.73 Å². The van der Waals surface area contributed by atoms with Crippen LogP contribution in [-0.2, 0) is 11.2 Å². The first-order chi connectivity index (χ1) is 10.1. The molecule has 0 amide bonds. The second-order valence-corrected chi connectivity index (χ2v) is 6.37. The van der Waals surface area contributed by atoms with E-state index in [2.05, 4.69) is 30.8 Å². The van der Waals surface area contributed by atoms with Crippen molar-refractivity contribution in [3.8, 4) is 0 Å². The summed E-state index contributed by atoms with van der Waals surface area (Å²) in [5, 5.41) is 4.77. The zero-order valence-corrected chi connectivity index (χ0v) is 13.8. The van der Waals surface area contributed by atoms with E-state index in [0.29, 0.717) is 6.04 Å². The highest BCUT2D eigenvalue weighted by Gasteiger charge is 2.33. The first-order valence-corrected chi connectivity index (χ1v) is 8.50. The Morgan fingerprint density at radius 1 is 1.33 bits per heavy atom. The lowest BCUT2D eigenvalue weighted by Gasteiger charge is -2.36. The molecule has 0 spiro atoms. The third-order valence-corrected chi connectivity index (χ3v) is 5.32. The maximum atomic E-state index is 6.43. The third-order valence-electron chi connectivity index (χ3n) is 5.32. The van der Waals surface area contributed by atoms with Gasteiger partial charge in [0, 0.05) is 25.8 Å². The maximum absolute atomic E-state index is 6.43. The molecule has 0 radical (unpaired) electrons. The van der Waals surface area contributed by atoms with Gasteiger partial charge in [0.1, 0.15) is 0 Å². The zero-order valence-electron chi connectivity index (χ0n) is 13.8. The van der Waals surface area contributed by atoms with Gasteiger partial charge in [-0.3, -0.25) is 4.68 Å². The number of nitrogens with two attached hydrogens (primary N) is 1. The molecule has 120 valence electrons. The Morgan fingerprint density at radius 2 is 2.00 bits per heavy atom. The fraction of sp³-hybridized carbons (Fsp3) is 0.824. The Kier molecular flexibility index (Phi) is 5.82. The molecule has 2 N–H and O–H groups in total. The van der Waals surface area contributed by atoms with Crippen LogP contribution in [0.25, 0.3) is 0 Å². The number of rotatable bonds is 7. The number of nitrogens with zero attached hydrogens (tertiary/aromatic N) is 2. The van der Waals surface area contributed by atoms with Crippen molar-refractivity contribution in [1.82, 2.24) is 9.78 Å². The van der Waals surface area contributed by atoms with Gasteiger partial charge in [-0.1, -0.05) is 33.1 Å². The summed E-state index contributed by atoms with van der Waals surface area (Å²) < 4.78 is 7.89. The molecule has 0 bridgehead atoms. The van der Waals surface area contributed by atoms with Crippen LogP contribution >= 0.6 is 0 Å². The van der Waals surface area contributed by atoms with E-state index in [-0.39, 0.29) is 11.6 Å². The largest absolute Gasteiger partial charge is 0.377 e. The van der Waals surface area contributed by atoms with Gasteiger partial charge >= 0.3 is 0 Å². The van der Waals surface area contributed by atoms with E-state index < -0.39 is 0 Å². The number of aromatic nitrogens is 2. The van der Waals surface area contributed by atoms with Crippen LogP contribution in [0.2, 0.25) is 0 Å². The Labute approximate surface area is 129 Å². The van der Waals surface area contributed by atoms with Crippen LogP contribution in [0.3, 0.4) is 0 Å². The molecular weight excluding hydrogens is 262 g/mol. The summed E-state index contributed by atoms with van der Waals surface area (Å²) >= 11 is 0. The second-order valence-electron chi connectivity index (χ2n) is 6.37. The van der Waals surface area contributed by atoms with E-state index >= 15 is 0 Å². The summed E-state index contributed by atoms with van der Waals surface area (Å²) in [6, 6.07) is 2.71. The summed E-state index contributed by atoms with van der Waals surface area (Å²) in [6.07, 6.45) is 11.3. The number of hydrogen-bond acceptors (Lipinski definition) is 3. The highest BCUT2D eigenvalue weighted by atomic mass is 16.5. The van der Waals surface area contributed by atoms with E-state index in [0.717, 1.165) is 25.0 Å². The summed E-state index contributed by atoms with van der Waals surface area (Å²) in [6.45, 7) is 4.29. The Bertz CT molecular complexity index is 411. The van der Waals surface area contributed by atoms with Crippen LogP contribution in [0.1, 0.15) is 70.5 Å². The Hall–Kier alpha value is -0.870. The molecule has 2 rings (SSSR count). The molecule has 1 unspecified atom stereocenters. The minimum Gasteiger partial charge on any atom is -0.377 e. The molecule has 1 atom stereocenters. The molecule has 1 aromatic rings. The quantitative estimate of drug-likeness (QED) is 0.837. The smallest absolute Gasteiger partial charge is 0.0827 e. The van der Waals surface area contributed by atoms with Crippen molar-refractivity contribution < 1.29 is 4.74 Å². The van der Waals surface area contributed by atoms with Crippen molar-refractivity contribution in [3.05, 3.63) is 18.0 Å². The molecule has 1 aliphatic carbocycles. The molecule has 0 aliphatic heterocycles. The fourth-order valence-electron chi connectivity index (χ4n) is 3.66. The van der Waals surface area contributed by atoms with E-state index in [1.165, 1.54) is 32.1 Å². The monoisotopic (exact) mass is 293 g/mol. The molecule has 4 nitrogen and oxygen atoms in total. The zero-order chi connectivity index (χ0) is 15.3. The standard InChI is InChI=1S/C17H31N3O/c1-4-17(5-2,21-3)16(18)13-14-11-12-20(19-14)15-9-7-6-8-10-15/h11-12,15-16H,4-10,13,18H2,1-3H3. The molecule has 1 aromatic heterocycles. The van der Waals surface area contributed by atoms with Gasteiger partial charge in [-0.25, -0.2) is 0 Å². The van der Waals surface area contributed by atoms with Gasteiger partial charge in [0.15, 0.2) is 0 Å². The lowest BCUT2D eigenvalue weighted by atomic mass is 9.86. The highest BCUT2D eigenvalue weighted by Crippen LogP contribution is 2.28. The van der Waals surface area contributed by atoms with Crippen molar-refractivity contribution in [3.63, 3.8) is 0 Å². The van der Waals surface area contributed by atoms with Crippen LogP contribution in [-0.4, -0.2) is 28.5 Å². The second kappa shape index (κ2) is 7.41. The van der Waals surface area contributed by atoms with Crippen molar-refractivity contribution in [2.24, 2.45) is 5.73 Å². The summed E-state index contributed by atoms with van der Waals surface area (Å²) in [7, 11) is 1.77. The van der Waals surface area contributed by atoms with Crippen molar-refractivity contribution >= 4 is 0 Å². The predicted octanol–water partition coefficient (Wildman–Crippen LogP) is 3.46. The number of hydrogen-bond donors (Lipinski definition) is 1. The summed E-state index contributed by atoms with van der Waals surface area (Å²) in [5.41, 5.74) is 7.30. The predicted molar refractivity (Wildman–Crippen MR) is 86.4 cm³/mol. The van der Waals surface area contributed by atoms with Gasteiger partial charge in [-0.15, -0.1) is 0 Å².